The lowest BCUT2D eigenvalue weighted by Gasteiger charge is -2.24. The van der Waals surface area contributed by atoms with Crippen molar-refractivity contribution in [3.05, 3.63) is 34.4 Å². The van der Waals surface area contributed by atoms with Crippen molar-refractivity contribution < 1.29 is 16.4 Å². The van der Waals surface area contributed by atoms with Crippen LogP contribution in [0.2, 0.25) is 0 Å². The fourth-order valence-corrected chi connectivity index (χ4v) is 2.28. The van der Waals surface area contributed by atoms with E-state index >= 15 is 0 Å². The van der Waals surface area contributed by atoms with Crippen LogP contribution in [-0.2, 0) is 9.59 Å². The number of nitrogen functional groups attached to an aromatic ring is 1. The summed E-state index contributed by atoms with van der Waals surface area (Å²) in [5.41, 5.74) is 5.10. The number of aryl methyl sites for hydroxylation is 1. The molecule has 0 saturated heterocycles. The van der Waals surface area contributed by atoms with Gasteiger partial charge in [0.15, 0.2) is 5.78 Å². The Bertz CT molecular complexity index is 1030. The number of carbonyl (C=O) groups excluding carboxylic acids is 2. The quantitative estimate of drug-likeness (QED) is 0.628. The lowest BCUT2D eigenvalue weighted by Crippen LogP contribution is -2.36. The van der Waals surface area contributed by atoms with E-state index in [1.54, 1.807) is 6.07 Å². The Kier molecular flexibility index (Phi) is 1.99. The fraction of sp³-hybridized carbons (Fsp3) is 0.333. The number of carbonyl (C=O) groups is 2. The molecule has 0 unspecified atom stereocenters. The predicted molar refractivity (Wildman–Crippen MR) is 78.1 cm³/mol. The maximum Gasteiger partial charge on any atom is 0.264 e. The first kappa shape index (κ1) is 8.71. The van der Waals surface area contributed by atoms with Crippen LogP contribution in [0.25, 0.3) is 10.9 Å². The highest BCUT2D eigenvalue weighted by molar-refractivity contribution is 6.03. The van der Waals surface area contributed by atoms with Gasteiger partial charge in [-0.3, -0.25) is 19.0 Å². The molecule has 0 aliphatic heterocycles. The van der Waals surface area contributed by atoms with Crippen LogP contribution >= 0.6 is 0 Å². The zero-order valence-corrected chi connectivity index (χ0v) is 11.1. The van der Waals surface area contributed by atoms with Gasteiger partial charge in [0.1, 0.15) is 11.6 Å². The summed E-state index contributed by atoms with van der Waals surface area (Å²) in [6.07, 6.45) is -7.43. The van der Waals surface area contributed by atoms with Gasteiger partial charge in [-0.1, -0.05) is 6.07 Å². The molecule has 1 fully saturated rings. The molecule has 0 spiro atoms. The first-order chi connectivity index (χ1) is 11.9. The maximum atomic E-state index is 13.0. The molecule has 21 heavy (non-hydrogen) atoms. The highest BCUT2D eigenvalue weighted by atomic mass is 16.2. The molecule has 1 atom stereocenters. The molecule has 1 aromatic carbocycles. The number of anilines is 1. The number of rotatable bonds is 1. The van der Waals surface area contributed by atoms with Crippen LogP contribution in [-0.4, -0.2) is 21.1 Å². The number of nitrogens with zero attached hydrogens (tertiary/aromatic N) is 2. The molecule has 1 heterocycles. The second kappa shape index (κ2) is 4.80. The van der Waals surface area contributed by atoms with Crippen molar-refractivity contribution in [3.63, 3.8) is 0 Å². The Morgan fingerprint density at radius 1 is 1.43 bits per heavy atom. The van der Waals surface area contributed by atoms with Crippen molar-refractivity contribution in [2.24, 2.45) is 0 Å². The number of nitrogens with two attached hydrogens (primary N) is 1. The van der Waals surface area contributed by atoms with Crippen molar-refractivity contribution in [3.8, 4) is 0 Å². The van der Waals surface area contributed by atoms with E-state index in [-0.39, 0.29) is 22.4 Å². The van der Waals surface area contributed by atoms with Crippen molar-refractivity contribution in [2.45, 2.75) is 32.1 Å². The minimum absolute atomic E-state index is 0.0280. The number of fused-ring (bicyclic) bond motifs is 1. The molecule has 1 aromatic heterocycles. The minimum atomic E-state index is -3.31. The number of hydrogen-bond acceptors (Lipinski definition) is 5. The molecule has 0 bridgehead atoms. The molecule has 6 heteroatoms. The van der Waals surface area contributed by atoms with E-state index in [0.717, 1.165) is 0 Å². The summed E-state index contributed by atoms with van der Waals surface area (Å²) in [7, 11) is 0. The third-order valence-electron chi connectivity index (χ3n) is 3.23. The number of hydrogen-bond donors (Lipinski definition) is 1. The van der Waals surface area contributed by atoms with Gasteiger partial charge in [0.25, 0.3) is 5.56 Å². The third-order valence-corrected chi connectivity index (χ3v) is 3.23. The Morgan fingerprint density at radius 3 is 2.95 bits per heavy atom. The average Bonchev–Trinajstić information content (AvgIpc) is 2.52. The van der Waals surface area contributed by atoms with Gasteiger partial charge in [0, 0.05) is 17.5 Å². The molecule has 6 nitrogen and oxygen atoms in total. The predicted octanol–water partition coefficient (Wildman–Crippen LogP) is 1.15. The van der Waals surface area contributed by atoms with Gasteiger partial charge >= 0.3 is 0 Å². The number of benzene rings is 1. The Morgan fingerprint density at radius 2 is 2.19 bits per heavy atom. The SMILES string of the molecule is [2H]C1([2H])C(=O)CC(=O)[C@@]([2H])(n2c(C)nc3cccc(N)c3c2=O)C1([2H])[2H]. The van der Waals surface area contributed by atoms with Gasteiger partial charge in [-0.2, -0.15) is 0 Å². The fourth-order valence-electron chi connectivity index (χ4n) is 2.28. The third kappa shape index (κ3) is 2.12. The van der Waals surface area contributed by atoms with E-state index in [1.165, 1.54) is 19.1 Å². The standard InChI is InChI=1S/C15H15N3O3/c1-8-17-11-4-2-3-10(16)14(11)15(21)18(8)12-6-5-9(19)7-13(12)20/h2-4,12H,5-7,16H2,1H3/t12-/m0/s1/i5D2,6D2,12D. The van der Waals surface area contributed by atoms with E-state index in [2.05, 4.69) is 4.98 Å². The van der Waals surface area contributed by atoms with Crippen LogP contribution in [0.1, 0.15) is 37.9 Å². The monoisotopic (exact) mass is 290 g/mol. The zero-order valence-electron chi connectivity index (χ0n) is 16.1. The van der Waals surface area contributed by atoms with E-state index in [0.29, 0.717) is 4.57 Å². The Labute approximate surface area is 127 Å². The van der Waals surface area contributed by atoms with Crippen LogP contribution in [0.4, 0.5) is 5.69 Å². The van der Waals surface area contributed by atoms with Crippen LogP contribution in [0.3, 0.4) is 0 Å². The summed E-state index contributed by atoms with van der Waals surface area (Å²) < 4.78 is 40.7. The Balaban J connectivity index is 2.45. The first-order valence-corrected chi connectivity index (χ1v) is 6.22. The number of aromatic nitrogens is 2. The van der Waals surface area contributed by atoms with Gasteiger partial charge in [-0.05, 0) is 25.4 Å². The molecule has 1 aliphatic rings. The summed E-state index contributed by atoms with van der Waals surface area (Å²) in [5, 5.41) is -0.106. The summed E-state index contributed by atoms with van der Waals surface area (Å²) >= 11 is 0. The van der Waals surface area contributed by atoms with Crippen LogP contribution < -0.4 is 11.3 Å². The van der Waals surface area contributed by atoms with Crippen molar-refractivity contribution in [1.82, 2.24) is 9.55 Å². The van der Waals surface area contributed by atoms with Crippen LogP contribution in [0, 0.1) is 6.92 Å². The van der Waals surface area contributed by atoms with Gasteiger partial charge in [-0.25, -0.2) is 4.98 Å². The van der Waals surface area contributed by atoms with E-state index in [4.69, 9.17) is 12.6 Å². The highest BCUT2D eigenvalue weighted by Crippen LogP contribution is 2.24. The average molecular weight is 290 g/mol. The molecule has 2 aromatic rings. The summed E-state index contributed by atoms with van der Waals surface area (Å²) in [6.45, 7) is 1.30. The molecule has 0 radical (unpaired) electrons. The second-order valence-electron chi connectivity index (χ2n) is 4.66. The second-order valence-corrected chi connectivity index (χ2v) is 4.66. The Hall–Kier alpha value is -2.50. The maximum absolute atomic E-state index is 13.0. The van der Waals surface area contributed by atoms with Crippen molar-refractivity contribution >= 4 is 28.2 Å². The van der Waals surface area contributed by atoms with Gasteiger partial charge in [-0.15, -0.1) is 0 Å². The molecule has 108 valence electrons. The van der Waals surface area contributed by atoms with Crippen molar-refractivity contribution in [1.29, 1.82) is 0 Å². The largest absolute Gasteiger partial charge is 0.398 e. The molecular formula is C15H15N3O3. The summed E-state index contributed by atoms with van der Waals surface area (Å²) in [6, 6.07) is 1.48. The number of ketones is 2. The molecule has 1 saturated carbocycles. The van der Waals surface area contributed by atoms with Crippen LogP contribution in [0.15, 0.2) is 23.0 Å². The highest BCUT2D eigenvalue weighted by Gasteiger charge is 2.30. The lowest BCUT2D eigenvalue weighted by atomic mass is 9.92. The van der Waals surface area contributed by atoms with Crippen molar-refractivity contribution in [2.75, 3.05) is 5.73 Å². The smallest absolute Gasteiger partial charge is 0.264 e. The zero-order chi connectivity index (χ0) is 19.7. The van der Waals surface area contributed by atoms with E-state index in [1.807, 2.05) is 0 Å². The molecule has 1 aliphatic carbocycles. The lowest BCUT2D eigenvalue weighted by molar-refractivity contribution is -0.132. The van der Waals surface area contributed by atoms with Gasteiger partial charge in [0.05, 0.1) is 24.7 Å². The van der Waals surface area contributed by atoms with Gasteiger partial charge < -0.3 is 5.73 Å². The molecule has 0 amide bonds. The number of Topliss-reactive ketones (excluding diaryl/α,β-unsaturated/α-hetero) is 2. The molecule has 3 rings (SSSR count). The van der Waals surface area contributed by atoms with Gasteiger partial charge in [0.2, 0.25) is 0 Å². The minimum Gasteiger partial charge on any atom is -0.398 e. The van der Waals surface area contributed by atoms with E-state index < -0.39 is 42.3 Å². The van der Waals surface area contributed by atoms with E-state index in [9.17, 15) is 14.4 Å². The summed E-state index contributed by atoms with van der Waals surface area (Å²) in [4.78, 5) is 41.5. The first-order valence-electron chi connectivity index (χ1n) is 8.72. The normalized spacial score (nSPS) is 31.0. The summed E-state index contributed by atoms with van der Waals surface area (Å²) in [5.74, 6) is -2.65. The topological polar surface area (TPSA) is 95.1 Å². The molecular weight excluding hydrogens is 270 g/mol. The molecule has 2 N–H and O–H groups in total. The van der Waals surface area contributed by atoms with Crippen LogP contribution in [0.5, 0.6) is 0 Å².